The van der Waals surface area contributed by atoms with Gasteiger partial charge < -0.3 is 5.73 Å². The Hall–Kier alpha value is -1.73. The Bertz CT molecular complexity index is 421. The highest BCUT2D eigenvalue weighted by atomic mass is 35.5. The molecule has 0 radical (unpaired) electrons. The lowest BCUT2D eigenvalue weighted by Crippen LogP contribution is -1.95. The van der Waals surface area contributed by atoms with Crippen molar-refractivity contribution in [1.82, 2.24) is 0 Å². The van der Waals surface area contributed by atoms with Gasteiger partial charge in [-0.3, -0.25) is 10.1 Å². The Morgan fingerprint density at radius 2 is 2.29 bits per heavy atom. The van der Waals surface area contributed by atoms with E-state index in [1.54, 1.807) is 6.07 Å². The number of nitrogens with two attached hydrogens (primary N) is 1. The summed E-state index contributed by atoms with van der Waals surface area (Å²) >= 11 is 5.35. The van der Waals surface area contributed by atoms with Crippen LogP contribution in [-0.4, -0.2) is 10.8 Å². The molecule has 72 valence electrons. The number of anilines is 1. The van der Waals surface area contributed by atoms with Crippen LogP contribution in [0.1, 0.15) is 5.56 Å². The fourth-order valence-corrected chi connectivity index (χ4v) is 0.982. The molecule has 0 fully saturated rings. The Labute approximate surface area is 85.8 Å². The maximum absolute atomic E-state index is 10.5. The summed E-state index contributed by atoms with van der Waals surface area (Å²) < 4.78 is 0. The van der Waals surface area contributed by atoms with E-state index in [2.05, 4.69) is 11.8 Å². The standard InChI is InChI=1S/C9H7ClN2O2/c10-5-1-2-7-3-4-8(11)9(6-7)12(13)14/h3-4,6H,5,11H2. The Morgan fingerprint density at radius 1 is 1.57 bits per heavy atom. The second-order valence-corrected chi connectivity index (χ2v) is 2.73. The second-order valence-electron chi connectivity index (χ2n) is 2.47. The highest BCUT2D eigenvalue weighted by Gasteiger charge is 2.10. The average Bonchev–Trinajstić information content (AvgIpc) is 2.16. The third kappa shape index (κ3) is 2.38. The quantitative estimate of drug-likeness (QED) is 0.253. The molecule has 0 aliphatic rings. The van der Waals surface area contributed by atoms with E-state index in [0.717, 1.165) is 0 Å². The van der Waals surface area contributed by atoms with Crippen LogP contribution in [0, 0.1) is 22.0 Å². The molecule has 1 aromatic rings. The van der Waals surface area contributed by atoms with Crippen LogP contribution in [0.4, 0.5) is 11.4 Å². The van der Waals surface area contributed by atoms with Crippen molar-refractivity contribution in [3.8, 4) is 11.8 Å². The van der Waals surface area contributed by atoms with Gasteiger partial charge in [0.2, 0.25) is 0 Å². The molecule has 0 saturated heterocycles. The zero-order chi connectivity index (χ0) is 10.6. The number of hydrogen-bond donors (Lipinski definition) is 1. The first kappa shape index (κ1) is 10.4. The minimum atomic E-state index is -0.540. The molecule has 0 unspecified atom stereocenters. The van der Waals surface area contributed by atoms with Crippen molar-refractivity contribution in [3.63, 3.8) is 0 Å². The number of alkyl halides is 1. The van der Waals surface area contributed by atoms with E-state index in [0.29, 0.717) is 5.56 Å². The number of benzene rings is 1. The van der Waals surface area contributed by atoms with Crippen molar-refractivity contribution < 1.29 is 4.92 Å². The Kier molecular flexibility index (Phi) is 3.32. The van der Waals surface area contributed by atoms with Gasteiger partial charge in [0, 0.05) is 11.6 Å². The molecule has 0 saturated carbocycles. The number of nitro groups is 1. The summed E-state index contributed by atoms with van der Waals surface area (Å²) in [6.45, 7) is 0. The largest absolute Gasteiger partial charge is 0.393 e. The molecular weight excluding hydrogens is 204 g/mol. The van der Waals surface area contributed by atoms with Gasteiger partial charge >= 0.3 is 0 Å². The van der Waals surface area contributed by atoms with Crippen molar-refractivity contribution in [2.75, 3.05) is 11.6 Å². The molecule has 0 bridgehead atoms. The van der Waals surface area contributed by atoms with E-state index in [4.69, 9.17) is 17.3 Å². The van der Waals surface area contributed by atoms with Crippen LogP contribution in [-0.2, 0) is 0 Å². The molecule has 1 aromatic carbocycles. The van der Waals surface area contributed by atoms with E-state index in [1.165, 1.54) is 12.1 Å². The van der Waals surface area contributed by atoms with Crippen LogP contribution in [0.3, 0.4) is 0 Å². The predicted molar refractivity (Wildman–Crippen MR) is 55.1 cm³/mol. The monoisotopic (exact) mass is 210 g/mol. The number of nitrogens with zero attached hydrogens (tertiary/aromatic N) is 1. The minimum Gasteiger partial charge on any atom is -0.393 e. The van der Waals surface area contributed by atoms with Crippen LogP contribution >= 0.6 is 11.6 Å². The van der Waals surface area contributed by atoms with Crippen molar-refractivity contribution in [2.24, 2.45) is 0 Å². The Morgan fingerprint density at radius 3 is 2.86 bits per heavy atom. The molecule has 5 heteroatoms. The lowest BCUT2D eigenvalue weighted by atomic mass is 10.2. The third-order valence-corrected chi connectivity index (χ3v) is 1.66. The molecule has 14 heavy (non-hydrogen) atoms. The lowest BCUT2D eigenvalue weighted by Gasteiger charge is -1.96. The first-order valence-corrected chi connectivity index (χ1v) is 4.27. The van der Waals surface area contributed by atoms with E-state index in [-0.39, 0.29) is 17.3 Å². The molecule has 2 N–H and O–H groups in total. The molecule has 4 nitrogen and oxygen atoms in total. The smallest absolute Gasteiger partial charge is 0.293 e. The van der Waals surface area contributed by atoms with Crippen molar-refractivity contribution in [3.05, 3.63) is 33.9 Å². The van der Waals surface area contributed by atoms with Gasteiger partial charge in [-0.2, -0.15) is 0 Å². The molecule has 0 aromatic heterocycles. The maximum Gasteiger partial charge on any atom is 0.293 e. The third-order valence-electron chi connectivity index (χ3n) is 1.53. The molecular formula is C9H7ClN2O2. The highest BCUT2D eigenvalue weighted by molar-refractivity contribution is 6.19. The number of rotatable bonds is 1. The summed E-state index contributed by atoms with van der Waals surface area (Å²) in [5.41, 5.74) is 5.93. The highest BCUT2D eigenvalue weighted by Crippen LogP contribution is 2.21. The maximum atomic E-state index is 10.5. The topological polar surface area (TPSA) is 69.2 Å². The van der Waals surface area contributed by atoms with Crippen LogP contribution in [0.5, 0.6) is 0 Å². The number of halogens is 1. The average molecular weight is 211 g/mol. The summed E-state index contributed by atoms with van der Waals surface area (Å²) in [5.74, 6) is 5.47. The van der Waals surface area contributed by atoms with E-state index in [9.17, 15) is 10.1 Å². The van der Waals surface area contributed by atoms with Gasteiger partial charge in [0.1, 0.15) is 5.69 Å². The van der Waals surface area contributed by atoms with Crippen LogP contribution < -0.4 is 5.73 Å². The van der Waals surface area contributed by atoms with Gasteiger partial charge in [-0.25, -0.2) is 0 Å². The Balaban J connectivity index is 3.13. The lowest BCUT2D eigenvalue weighted by molar-refractivity contribution is -0.383. The zero-order valence-electron chi connectivity index (χ0n) is 7.16. The molecule has 1 rings (SSSR count). The SMILES string of the molecule is Nc1ccc(C#CCCl)cc1[N+](=O)[O-]. The number of nitrogen functional groups attached to an aromatic ring is 1. The molecule has 0 heterocycles. The van der Waals surface area contributed by atoms with Gasteiger partial charge in [-0.05, 0) is 12.1 Å². The van der Waals surface area contributed by atoms with Gasteiger partial charge in [0.25, 0.3) is 5.69 Å². The first-order chi connectivity index (χ1) is 6.65. The van der Waals surface area contributed by atoms with Crippen molar-refractivity contribution in [1.29, 1.82) is 0 Å². The summed E-state index contributed by atoms with van der Waals surface area (Å²) in [4.78, 5) is 9.96. The zero-order valence-corrected chi connectivity index (χ0v) is 7.91. The summed E-state index contributed by atoms with van der Waals surface area (Å²) in [5, 5.41) is 10.5. The van der Waals surface area contributed by atoms with Crippen LogP contribution in [0.2, 0.25) is 0 Å². The van der Waals surface area contributed by atoms with Gasteiger partial charge in [-0.1, -0.05) is 11.8 Å². The normalized spacial score (nSPS) is 8.93. The summed E-state index contributed by atoms with van der Waals surface area (Å²) in [7, 11) is 0. The van der Waals surface area contributed by atoms with E-state index >= 15 is 0 Å². The number of nitro benzene ring substituents is 1. The fraction of sp³-hybridized carbons (Fsp3) is 0.111. The van der Waals surface area contributed by atoms with Gasteiger partial charge in [0.15, 0.2) is 0 Å². The number of hydrogen-bond acceptors (Lipinski definition) is 3. The van der Waals surface area contributed by atoms with Crippen molar-refractivity contribution in [2.45, 2.75) is 0 Å². The van der Waals surface area contributed by atoms with Crippen LogP contribution in [0.15, 0.2) is 18.2 Å². The van der Waals surface area contributed by atoms with E-state index in [1.807, 2.05) is 0 Å². The van der Waals surface area contributed by atoms with Gasteiger partial charge in [0.05, 0.1) is 10.8 Å². The molecule has 0 aliphatic carbocycles. The summed E-state index contributed by atoms with van der Waals surface area (Å²) in [6, 6.07) is 4.40. The van der Waals surface area contributed by atoms with Crippen LogP contribution in [0.25, 0.3) is 0 Å². The van der Waals surface area contributed by atoms with Crippen molar-refractivity contribution >= 4 is 23.0 Å². The molecule has 0 amide bonds. The molecule has 0 spiro atoms. The fourth-order valence-electron chi connectivity index (χ4n) is 0.915. The summed E-state index contributed by atoms with van der Waals surface area (Å²) in [6.07, 6.45) is 0. The second kappa shape index (κ2) is 4.49. The minimum absolute atomic E-state index is 0.131. The van der Waals surface area contributed by atoms with E-state index < -0.39 is 4.92 Å². The predicted octanol–water partition coefficient (Wildman–Crippen LogP) is 1.77. The van der Waals surface area contributed by atoms with Gasteiger partial charge in [-0.15, -0.1) is 11.6 Å². The molecule has 0 aliphatic heterocycles. The first-order valence-electron chi connectivity index (χ1n) is 3.74. The molecule has 0 atom stereocenters.